The second kappa shape index (κ2) is 12.4. The zero-order valence-corrected chi connectivity index (χ0v) is 18.3. The zero-order chi connectivity index (χ0) is 20.4. The van der Waals surface area contributed by atoms with Crippen LogP contribution in [0.25, 0.3) is 0 Å². The van der Waals surface area contributed by atoms with E-state index in [-0.39, 0.29) is 35.5 Å². The molecule has 2 aromatic rings. The standard InChI is InChI=1S/C20H24F3N3O2.HI/c1-2-24-19(25-11-10-15-4-3-5-17(27)12-15)26-13-16-6-8-18(9-7-16)28-14-20(21,22)23;/h3-9,12,27H,2,10-11,13-14H2,1H3,(H2,24,25,26);1H. The molecule has 0 radical (unpaired) electrons. The van der Waals surface area contributed by atoms with Crippen molar-refractivity contribution in [1.29, 1.82) is 0 Å². The van der Waals surface area contributed by atoms with E-state index in [0.29, 0.717) is 25.6 Å². The highest BCUT2D eigenvalue weighted by Crippen LogP contribution is 2.19. The van der Waals surface area contributed by atoms with Crippen LogP contribution in [-0.4, -0.2) is 36.9 Å². The molecule has 3 N–H and O–H groups in total. The van der Waals surface area contributed by atoms with Crippen LogP contribution in [0, 0.1) is 0 Å². The van der Waals surface area contributed by atoms with Crippen molar-refractivity contribution < 1.29 is 23.0 Å². The molecule has 160 valence electrons. The molecule has 0 atom stereocenters. The molecule has 0 aliphatic rings. The van der Waals surface area contributed by atoms with Crippen molar-refractivity contribution in [2.75, 3.05) is 19.7 Å². The van der Waals surface area contributed by atoms with Gasteiger partial charge in [0.2, 0.25) is 0 Å². The van der Waals surface area contributed by atoms with E-state index in [9.17, 15) is 18.3 Å². The Morgan fingerprint density at radius 3 is 2.41 bits per heavy atom. The normalized spacial score (nSPS) is 11.5. The number of aliphatic imine (C=N–C) groups is 1. The van der Waals surface area contributed by atoms with Crippen LogP contribution in [0.4, 0.5) is 13.2 Å². The molecule has 0 amide bonds. The van der Waals surface area contributed by atoms with Crippen molar-refractivity contribution in [2.45, 2.75) is 26.1 Å². The summed E-state index contributed by atoms with van der Waals surface area (Å²) in [7, 11) is 0. The topological polar surface area (TPSA) is 65.9 Å². The molecule has 0 aromatic heterocycles. The molecule has 0 fully saturated rings. The number of phenols is 1. The minimum absolute atomic E-state index is 0. The second-order valence-electron chi connectivity index (χ2n) is 6.09. The Labute approximate surface area is 185 Å². The fourth-order valence-electron chi connectivity index (χ4n) is 2.41. The van der Waals surface area contributed by atoms with Gasteiger partial charge in [-0.3, -0.25) is 0 Å². The van der Waals surface area contributed by atoms with E-state index in [4.69, 9.17) is 0 Å². The van der Waals surface area contributed by atoms with Gasteiger partial charge in [0, 0.05) is 13.1 Å². The third-order valence-electron chi connectivity index (χ3n) is 3.71. The lowest BCUT2D eigenvalue weighted by Gasteiger charge is -2.12. The SMILES string of the molecule is CCNC(=NCc1ccc(OCC(F)(F)F)cc1)NCCc1cccc(O)c1.I. The van der Waals surface area contributed by atoms with Crippen molar-refractivity contribution in [3.8, 4) is 11.5 Å². The Morgan fingerprint density at radius 2 is 1.79 bits per heavy atom. The minimum Gasteiger partial charge on any atom is -0.508 e. The molecular weight excluding hydrogens is 498 g/mol. The first-order valence-corrected chi connectivity index (χ1v) is 8.94. The third-order valence-corrected chi connectivity index (χ3v) is 3.71. The zero-order valence-electron chi connectivity index (χ0n) is 16.0. The maximum Gasteiger partial charge on any atom is 0.422 e. The van der Waals surface area contributed by atoms with Crippen LogP contribution < -0.4 is 15.4 Å². The van der Waals surface area contributed by atoms with Crippen LogP contribution in [0.3, 0.4) is 0 Å². The summed E-state index contributed by atoms with van der Waals surface area (Å²) >= 11 is 0. The number of rotatable bonds is 8. The maximum atomic E-state index is 12.2. The Bertz CT molecular complexity index is 768. The Kier molecular flexibility index (Phi) is 10.6. The first kappa shape index (κ1) is 24.9. The first-order chi connectivity index (χ1) is 13.4. The van der Waals surface area contributed by atoms with Crippen LogP contribution in [0.15, 0.2) is 53.5 Å². The van der Waals surface area contributed by atoms with E-state index >= 15 is 0 Å². The lowest BCUT2D eigenvalue weighted by molar-refractivity contribution is -0.153. The van der Waals surface area contributed by atoms with Crippen LogP contribution in [0.2, 0.25) is 0 Å². The molecule has 9 heteroatoms. The largest absolute Gasteiger partial charge is 0.508 e. The number of halogens is 4. The van der Waals surface area contributed by atoms with Crippen molar-refractivity contribution in [1.82, 2.24) is 10.6 Å². The number of aromatic hydroxyl groups is 1. The van der Waals surface area contributed by atoms with E-state index < -0.39 is 12.8 Å². The van der Waals surface area contributed by atoms with Crippen molar-refractivity contribution in [3.63, 3.8) is 0 Å². The van der Waals surface area contributed by atoms with E-state index in [1.54, 1.807) is 30.3 Å². The number of guanidine groups is 1. The van der Waals surface area contributed by atoms with Gasteiger partial charge in [-0.05, 0) is 48.7 Å². The van der Waals surface area contributed by atoms with E-state index in [1.165, 1.54) is 12.1 Å². The summed E-state index contributed by atoms with van der Waals surface area (Å²) in [6.45, 7) is 2.36. The average molecular weight is 523 g/mol. The molecule has 0 aliphatic heterocycles. The number of phenolic OH excluding ortho intramolecular Hbond substituents is 1. The van der Waals surface area contributed by atoms with Gasteiger partial charge in [0.1, 0.15) is 11.5 Å². The molecule has 5 nitrogen and oxygen atoms in total. The van der Waals surface area contributed by atoms with Crippen LogP contribution >= 0.6 is 24.0 Å². The van der Waals surface area contributed by atoms with Crippen LogP contribution in [0.5, 0.6) is 11.5 Å². The summed E-state index contributed by atoms with van der Waals surface area (Å²) < 4.78 is 41.2. The van der Waals surface area contributed by atoms with Gasteiger partial charge in [-0.25, -0.2) is 4.99 Å². The Hall–Kier alpha value is -2.17. The molecule has 0 bridgehead atoms. The predicted molar refractivity (Wildman–Crippen MR) is 118 cm³/mol. The van der Waals surface area contributed by atoms with Gasteiger partial charge >= 0.3 is 6.18 Å². The van der Waals surface area contributed by atoms with Crippen molar-refractivity contribution in [3.05, 3.63) is 59.7 Å². The van der Waals surface area contributed by atoms with Gasteiger partial charge in [0.15, 0.2) is 12.6 Å². The van der Waals surface area contributed by atoms with Crippen LogP contribution in [0.1, 0.15) is 18.1 Å². The fourth-order valence-corrected chi connectivity index (χ4v) is 2.41. The lowest BCUT2D eigenvalue weighted by atomic mass is 10.1. The predicted octanol–water partition coefficient (Wildman–Crippen LogP) is 4.25. The molecule has 0 heterocycles. The number of ether oxygens (including phenoxy) is 1. The average Bonchev–Trinajstić information content (AvgIpc) is 2.65. The monoisotopic (exact) mass is 523 g/mol. The van der Waals surface area contributed by atoms with Gasteiger partial charge in [-0.1, -0.05) is 24.3 Å². The number of benzene rings is 2. The van der Waals surface area contributed by atoms with Crippen molar-refractivity contribution >= 4 is 29.9 Å². The summed E-state index contributed by atoms with van der Waals surface area (Å²) in [5.41, 5.74) is 1.86. The Balaban J connectivity index is 0.00000420. The quantitative estimate of drug-likeness (QED) is 0.275. The maximum absolute atomic E-state index is 12.2. The highest BCUT2D eigenvalue weighted by molar-refractivity contribution is 14.0. The summed E-state index contributed by atoms with van der Waals surface area (Å²) in [6.07, 6.45) is -3.63. The van der Waals surface area contributed by atoms with E-state index in [0.717, 1.165) is 17.5 Å². The summed E-state index contributed by atoms with van der Waals surface area (Å²) in [5.74, 6) is 1.04. The highest BCUT2D eigenvalue weighted by atomic mass is 127. The van der Waals surface area contributed by atoms with E-state index in [2.05, 4.69) is 20.4 Å². The minimum atomic E-state index is -4.35. The number of nitrogens with zero attached hydrogens (tertiary/aromatic N) is 1. The van der Waals surface area contributed by atoms with Gasteiger partial charge in [0.25, 0.3) is 0 Å². The molecule has 0 aliphatic carbocycles. The lowest BCUT2D eigenvalue weighted by Crippen LogP contribution is -2.38. The van der Waals surface area contributed by atoms with Crippen LogP contribution in [-0.2, 0) is 13.0 Å². The molecule has 2 aromatic carbocycles. The van der Waals surface area contributed by atoms with Crippen molar-refractivity contribution in [2.24, 2.45) is 4.99 Å². The number of nitrogens with one attached hydrogen (secondary N) is 2. The summed E-state index contributed by atoms with van der Waals surface area (Å²) in [4.78, 5) is 4.47. The highest BCUT2D eigenvalue weighted by Gasteiger charge is 2.28. The summed E-state index contributed by atoms with van der Waals surface area (Å²) in [6, 6.07) is 13.4. The van der Waals surface area contributed by atoms with E-state index in [1.807, 2.05) is 13.0 Å². The Morgan fingerprint density at radius 1 is 1.07 bits per heavy atom. The number of hydrogen-bond acceptors (Lipinski definition) is 3. The van der Waals surface area contributed by atoms with Gasteiger partial charge < -0.3 is 20.5 Å². The molecule has 29 heavy (non-hydrogen) atoms. The number of alkyl halides is 3. The van der Waals surface area contributed by atoms with Gasteiger partial charge in [0.05, 0.1) is 6.54 Å². The molecule has 2 rings (SSSR count). The third kappa shape index (κ3) is 10.2. The summed E-state index contributed by atoms with van der Waals surface area (Å²) in [5, 5.41) is 15.8. The van der Waals surface area contributed by atoms with Gasteiger partial charge in [-0.15, -0.1) is 24.0 Å². The van der Waals surface area contributed by atoms with Gasteiger partial charge in [-0.2, -0.15) is 13.2 Å². The smallest absolute Gasteiger partial charge is 0.422 e. The number of hydrogen-bond donors (Lipinski definition) is 3. The molecule has 0 unspecified atom stereocenters. The molecule has 0 spiro atoms. The molecule has 0 saturated heterocycles. The second-order valence-corrected chi connectivity index (χ2v) is 6.09. The molecule has 0 saturated carbocycles. The fraction of sp³-hybridized carbons (Fsp3) is 0.350. The molecular formula is C20H25F3IN3O2. The first-order valence-electron chi connectivity index (χ1n) is 8.94.